The van der Waals surface area contributed by atoms with Gasteiger partial charge in [-0.15, -0.1) is 0 Å². The van der Waals surface area contributed by atoms with Gasteiger partial charge < -0.3 is 0 Å². The Bertz CT molecular complexity index is 2780. The average Bonchev–Trinajstić information content (AvgIpc) is 3.36. The second-order valence-electron chi connectivity index (χ2n) is 17.4. The highest BCUT2D eigenvalue weighted by atomic mass is 14.4. The molecule has 0 saturated carbocycles. The molecule has 0 N–H and O–H groups in total. The van der Waals surface area contributed by atoms with Gasteiger partial charge in [0.1, 0.15) is 0 Å². The van der Waals surface area contributed by atoms with E-state index in [9.17, 15) is 0 Å². The maximum atomic E-state index is 2.44. The number of aryl methyl sites for hydroxylation is 3. The first-order chi connectivity index (χ1) is 32.0. The zero-order valence-electron chi connectivity index (χ0n) is 37.3. The minimum atomic E-state index is -0.561. The van der Waals surface area contributed by atoms with E-state index in [2.05, 4.69) is 282 Å². The van der Waals surface area contributed by atoms with Gasteiger partial charge in [0.2, 0.25) is 0 Å². The molecule has 0 nitrogen and oxygen atoms in total. The molecule has 10 aromatic rings. The van der Waals surface area contributed by atoms with Crippen LogP contribution in [0, 0.1) is 20.8 Å². The van der Waals surface area contributed by atoms with Crippen molar-refractivity contribution in [1.82, 2.24) is 0 Å². The second-order valence-corrected chi connectivity index (χ2v) is 17.4. The van der Waals surface area contributed by atoms with Crippen LogP contribution in [0.2, 0.25) is 0 Å². The van der Waals surface area contributed by atoms with Crippen LogP contribution in [0.3, 0.4) is 0 Å². The summed E-state index contributed by atoms with van der Waals surface area (Å²) < 4.78 is 0. The van der Waals surface area contributed by atoms with E-state index >= 15 is 0 Å². The molecular weight excluding hydrogens is 781 g/mol. The van der Waals surface area contributed by atoms with Gasteiger partial charge in [-0.25, -0.2) is 0 Å². The minimum Gasteiger partial charge on any atom is -0.0622 e. The number of benzene rings is 10. The van der Waals surface area contributed by atoms with Crippen LogP contribution in [-0.4, -0.2) is 0 Å². The summed E-state index contributed by atoms with van der Waals surface area (Å²) in [4.78, 5) is 0. The Morgan fingerprint density at radius 2 is 0.477 bits per heavy atom. The Morgan fingerprint density at radius 3 is 0.769 bits per heavy atom. The molecule has 0 aliphatic heterocycles. The van der Waals surface area contributed by atoms with Gasteiger partial charge in [-0.2, -0.15) is 0 Å². The summed E-state index contributed by atoms with van der Waals surface area (Å²) in [6.07, 6.45) is 0. The van der Waals surface area contributed by atoms with Crippen molar-refractivity contribution in [3.05, 3.63) is 322 Å². The van der Waals surface area contributed by atoms with Crippen molar-refractivity contribution in [3.63, 3.8) is 0 Å². The molecule has 0 bridgehead atoms. The van der Waals surface area contributed by atoms with Gasteiger partial charge in [0.15, 0.2) is 0 Å². The maximum Gasteiger partial charge on any atom is 0.0701 e. The van der Waals surface area contributed by atoms with Crippen molar-refractivity contribution in [2.45, 2.75) is 31.6 Å². The summed E-state index contributed by atoms with van der Waals surface area (Å²) in [7, 11) is 0. The Kier molecular flexibility index (Phi) is 11.3. The molecule has 0 aromatic heterocycles. The summed E-state index contributed by atoms with van der Waals surface area (Å²) in [6, 6.07) is 96.4. The number of hydrogen-bond donors (Lipinski definition) is 0. The Morgan fingerprint density at radius 1 is 0.215 bits per heavy atom. The first-order valence-corrected chi connectivity index (χ1v) is 22.7. The predicted molar refractivity (Wildman–Crippen MR) is 274 cm³/mol. The summed E-state index contributed by atoms with van der Waals surface area (Å²) in [6.45, 7) is 6.70. The molecule has 0 heteroatoms. The van der Waals surface area contributed by atoms with Crippen LogP contribution in [0.4, 0.5) is 0 Å². The zero-order chi connectivity index (χ0) is 44.2. The van der Waals surface area contributed by atoms with Crippen LogP contribution in [0.1, 0.15) is 61.2 Å². The molecule has 0 fully saturated rings. The monoisotopic (exact) mass is 832 g/mol. The predicted octanol–water partition coefficient (Wildman–Crippen LogP) is 16.4. The molecule has 0 aliphatic carbocycles. The molecule has 0 atom stereocenters. The van der Waals surface area contributed by atoms with Crippen molar-refractivity contribution in [1.29, 1.82) is 0 Å². The maximum absolute atomic E-state index is 2.44. The third-order valence-corrected chi connectivity index (χ3v) is 13.4. The molecular formula is C65H52. The molecule has 65 heavy (non-hydrogen) atoms. The van der Waals surface area contributed by atoms with Gasteiger partial charge >= 0.3 is 0 Å². The molecule has 10 rings (SSSR count). The van der Waals surface area contributed by atoms with Crippen molar-refractivity contribution >= 4 is 0 Å². The van der Waals surface area contributed by atoms with Gasteiger partial charge in [0.25, 0.3) is 0 Å². The van der Waals surface area contributed by atoms with Crippen LogP contribution in [0.15, 0.2) is 261 Å². The fraction of sp³-hybridized carbons (Fsp3) is 0.0769. The molecule has 0 saturated heterocycles. The van der Waals surface area contributed by atoms with Crippen LogP contribution in [0.5, 0.6) is 0 Å². The molecule has 10 aromatic carbocycles. The molecule has 0 heterocycles. The molecule has 312 valence electrons. The van der Waals surface area contributed by atoms with E-state index in [1.165, 1.54) is 94.6 Å². The van der Waals surface area contributed by atoms with E-state index < -0.39 is 10.8 Å². The summed E-state index contributed by atoms with van der Waals surface area (Å²) in [5, 5.41) is 0. The van der Waals surface area contributed by atoms with Crippen LogP contribution in [-0.2, 0) is 10.8 Å². The topological polar surface area (TPSA) is 0 Å². The van der Waals surface area contributed by atoms with E-state index in [-0.39, 0.29) is 0 Å². The minimum absolute atomic E-state index is 0.561. The standard InChI is InChI=1S/C65H52/c1-47-40-48(2)63(49(3)41-47)54-43-52(50-24-22-38-61(45-50)64(55-26-10-4-11-27-55,56-28-12-5-13-29-56)57-30-14-6-15-31-57)42-53(44-54)51-25-23-39-62(46-51)65(58-32-16-7-17-33-58,59-34-18-8-19-35-59)60-36-20-9-21-37-60/h4-46H,1-3H3. The van der Waals surface area contributed by atoms with Gasteiger partial charge in [-0.05, 0) is 140 Å². The normalized spacial score (nSPS) is 11.6. The van der Waals surface area contributed by atoms with Crippen molar-refractivity contribution in [2.75, 3.05) is 0 Å². The van der Waals surface area contributed by atoms with Crippen molar-refractivity contribution in [2.24, 2.45) is 0 Å². The lowest BCUT2D eigenvalue weighted by molar-refractivity contribution is 0.745. The third-order valence-electron chi connectivity index (χ3n) is 13.4. The van der Waals surface area contributed by atoms with E-state index in [0.717, 1.165) is 0 Å². The van der Waals surface area contributed by atoms with Crippen LogP contribution in [0.25, 0.3) is 33.4 Å². The zero-order valence-corrected chi connectivity index (χ0v) is 37.3. The lowest BCUT2D eigenvalue weighted by atomic mass is 9.65. The molecule has 0 aliphatic rings. The summed E-state index contributed by atoms with van der Waals surface area (Å²) in [5.74, 6) is 0. The highest BCUT2D eigenvalue weighted by Crippen LogP contribution is 2.48. The van der Waals surface area contributed by atoms with E-state index in [0.29, 0.717) is 0 Å². The Labute approximate surface area is 385 Å². The number of hydrogen-bond acceptors (Lipinski definition) is 0. The SMILES string of the molecule is Cc1cc(C)c(-c2cc(-c3cccc(C(c4ccccc4)(c4ccccc4)c4ccccc4)c3)cc(-c3cccc(C(c4ccccc4)(c4ccccc4)c4ccccc4)c3)c2)c(C)c1. The molecule has 0 spiro atoms. The fourth-order valence-electron chi connectivity index (χ4n) is 10.7. The Balaban J connectivity index is 1.22. The highest BCUT2D eigenvalue weighted by molar-refractivity contribution is 5.84. The molecule has 0 unspecified atom stereocenters. The number of rotatable bonds is 11. The van der Waals surface area contributed by atoms with Gasteiger partial charge in [-0.1, -0.05) is 236 Å². The summed E-state index contributed by atoms with van der Waals surface area (Å²) >= 11 is 0. The van der Waals surface area contributed by atoms with Crippen LogP contribution < -0.4 is 0 Å². The third kappa shape index (κ3) is 7.52. The largest absolute Gasteiger partial charge is 0.0701 e. The van der Waals surface area contributed by atoms with E-state index in [1.807, 2.05) is 0 Å². The quantitative estimate of drug-likeness (QED) is 0.114. The van der Waals surface area contributed by atoms with E-state index in [1.54, 1.807) is 0 Å². The smallest absolute Gasteiger partial charge is 0.0622 e. The van der Waals surface area contributed by atoms with Crippen molar-refractivity contribution in [3.8, 4) is 33.4 Å². The van der Waals surface area contributed by atoms with Crippen molar-refractivity contribution < 1.29 is 0 Å². The van der Waals surface area contributed by atoms with Gasteiger partial charge in [0, 0.05) is 0 Å². The van der Waals surface area contributed by atoms with Gasteiger partial charge in [0.05, 0.1) is 10.8 Å². The molecule has 0 amide bonds. The van der Waals surface area contributed by atoms with Gasteiger partial charge in [-0.3, -0.25) is 0 Å². The first kappa shape index (κ1) is 41.2. The van der Waals surface area contributed by atoms with Crippen LogP contribution >= 0.6 is 0 Å². The fourth-order valence-corrected chi connectivity index (χ4v) is 10.7. The second kappa shape index (κ2) is 17.8. The average molecular weight is 833 g/mol. The lowest BCUT2D eigenvalue weighted by Gasteiger charge is -2.37. The highest BCUT2D eigenvalue weighted by Gasteiger charge is 2.40. The van der Waals surface area contributed by atoms with E-state index in [4.69, 9.17) is 0 Å². The lowest BCUT2D eigenvalue weighted by Crippen LogP contribution is -2.31. The summed E-state index contributed by atoms with van der Waals surface area (Å²) in [5.41, 5.74) is 19.7. The first-order valence-electron chi connectivity index (χ1n) is 22.7. The molecule has 0 radical (unpaired) electrons. The Hall–Kier alpha value is -7.80.